The summed E-state index contributed by atoms with van der Waals surface area (Å²) in [6, 6.07) is 0. The molecule has 0 heterocycles. The zero-order valence-electron chi connectivity index (χ0n) is 40.7. The van der Waals surface area contributed by atoms with E-state index in [-0.39, 0.29) is 25.8 Å². The highest BCUT2D eigenvalue weighted by atomic mass is 31.2. The highest BCUT2D eigenvalue weighted by Gasteiger charge is 2.26. The number of hydrogen-bond acceptors (Lipinski definition) is 6. The molecule has 358 valence electrons. The van der Waals surface area contributed by atoms with E-state index < -0.39 is 13.9 Å². The van der Waals surface area contributed by atoms with Crippen LogP contribution in [0.4, 0.5) is 0 Å². The van der Waals surface area contributed by atoms with Crippen LogP contribution in [-0.4, -0.2) is 75.6 Å². The molecule has 61 heavy (non-hydrogen) atoms. The van der Waals surface area contributed by atoms with Gasteiger partial charge in [-0.15, -0.1) is 0 Å². The molecule has 0 fully saturated rings. The number of carbonyl (C=O) groups is 1. The van der Waals surface area contributed by atoms with Crippen LogP contribution < -0.4 is 0 Å². The molecule has 0 radical (unpaired) electrons. The Bertz CT molecular complexity index is 1120. The molecule has 1 N–H and O–H groups in total. The van der Waals surface area contributed by atoms with E-state index in [0.717, 1.165) is 64.2 Å². The Balaban J connectivity index is 4.12. The van der Waals surface area contributed by atoms with E-state index in [0.29, 0.717) is 24.1 Å². The summed E-state index contributed by atoms with van der Waals surface area (Å²) in [4.78, 5) is 23.0. The first-order valence-corrected chi connectivity index (χ1v) is 26.9. The van der Waals surface area contributed by atoms with Crippen LogP contribution in [-0.2, 0) is 27.9 Å². The second-order valence-electron chi connectivity index (χ2n) is 18.2. The first kappa shape index (κ1) is 59.5. The summed E-state index contributed by atoms with van der Waals surface area (Å²) >= 11 is 0. The molecule has 0 bridgehead atoms. The lowest BCUT2D eigenvalue weighted by atomic mass is 10.0. The standard InChI is InChI=1S/C52H98NO7P/c1-6-8-10-12-14-16-18-20-22-23-24-25-26-27-28-29-30-32-34-36-38-40-42-44-47-57-49-51(50-59-61(55,56)58-48-46-53(3,4)5)60-52(54)45-43-41-39-37-35-33-31-21-19-17-15-13-11-9-7-2/h15,17-18,20-21,23-24,31,51H,6-14,16,19,22,25-30,32-50H2,1-5H3/p+1/b17-15-,20-18-,24-23-,31-21-. The van der Waals surface area contributed by atoms with Crippen molar-refractivity contribution >= 4 is 13.8 Å². The normalized spacial score (nSPS) is 14.0. The van der Waals surface area contributed by atoms with Crippen LogP contribution in [0.25, 0.3) is 0 Å². The molecule has 0 aliphatic rings. The third-order valence-corrected chi connectivity index (χ3v) is 11.8. The van der Waals surface area contributed by atoms with Gasteiger partial charge in [0.05, 0.1) is 34.4 Å². The van der Waals surface area contributed by atoms with Crippen molar-refractivity contribution in [2.75, 3.05) is 54.1 Å². The number of hydrogen-bond donors (Lipinski definition) is 1. The minimum atomic E-state index is -4.28. The lowest BCUT2D eigenvalue weighted by Gasteiger charge is -2.24. The largest absolute Gasteiger partial charge is 0.472 e. The van der Waals surface area contributed by atoms with Crippen molar-refractivity contribution in [3.63, 3.8) is 0 Å². The molecule has 0 saturated carbocycles. The number of unbranched alkanes of at least 4 members (excludes halogenated alkanes) is 25. The minimum Gasteiger partial charge on any atom is -0.457 e. The molecule has 0 saturated heterocycles. The van der Waals surface area contributed by atoms with Crippen LogP contribution in [0.3, 0.4) is 0 Å². The number of phosphoric acid groups is 1. The van der Waals surface area contributed by atoms with Crippen LogP contribution >= 0.6 is 7.82 Å². The van der Waals surface area contributed by atoms with E-state index in [1.165, 1.54) is 135 Å². The van der Waals surface area contributed by atoms with Gasteiger partial charge in [-0.3, -0.25) is 13.8 Å². The fraction of sp³-hybridized carbons (Fsp3) is 0.827. The third kappa shape index (κ3) is 49.3. The summed E-state index contributed by atoms with van der Waals surface area (Å²) < 4.78 is 35.1. The number of esters is 1. The number of nitrogens with zero attached hydrogens (tertiary/aromatic N) is 1. The zero-order valence-corrected chi connectivity index (χ0v) is 41.5. The second kappa shape index (κ2) is 45.0. The number of rotatable bonds is 47. The van der Waals surface area contributed by atoms with E-state index in [1.54, 1.807) is 0 Å². The van der Waals surface area contributed by atoms with Crippen molar-refractivity contribution in [3.05, 3.63) is 48.6 Å². The monoisotopic (exact) mass is 881 g/mol. The van der Waals surface area contributed by atoms with Gasteiger partial charge < -0.3 is 18.9 Å². The quantitative estimate of drug-likeness (QED) is 0.0214. The van der Waals surface area contributed by atoms with Crippen LogP contribution in [0.5, 0.6) is 0 Å². The SMILES string of the molecule is CCCCC/C=C\C/C=C\CCCCCCCC(=O)OC(COCCCCCCCCCCCCCC/C=C\C/C=C\CCCCCCC)COP(=O)(O)OCC[N+](C)(C)C. The van der Waals surface area contributed by atoms with Crippen molar-refractivity contribution in [3.8, 4) is 0 Å². The number of likely N-dealkylation sites (N-methyl/N-ethyl adjacent to an activating group) is 1. The molecule has 0 aliphatic carbocycles. The molecule has 0 amide bonds. The molecule has 2 atom stereocenters. The van der Waals surface area contributed by atoms with Gasteiger partial charge >= 0.3 is 13.8 Å². The molecule has 2 unspecified atom stereocenters. The Labute approximate surface area is 378 Å². The van der Waals surface area contributed by atoms with Crippen LogP contribution in [0.2, 0.25) is 0 Å². The summed E-state index contributed by atoms with van der Waals surface area (Å²) in [5.74, 6) is -0.327. The average Bonchev–Trinajstić information content (AvgIpc) is 3.22. The summed E-state index contributed by atoms with van der Waals surface area (Å²) in [7, 11) is 1.66. The van der Waals surface area contributed by atoms with Gasteiger partial charge in [-0.1, -0.05) is 184 Å². The molecule has 0 aromatic rings. The van der Waals surface area contributed by atoms with Crippen molar-refractivity contribution in [2.24, 2.45) is 0 Å². The van der Waals surface area contributed by atoms with Gasteiger partial charge in [0.25, 0.3) is 0 Å². The lowest BCUT2D eigenvalue weighted by molar-refractivity contribution is -0.870. The van der Waals surface area contributed by atoms with Crippen molar-refractivity contribution < 1.29 is 37.3 Å². The van der Waals surface area contributed by atoms with E-state index >= 15 is 0 Å². The summed E-state index contributed by atoms with van der Waals surface area (Å²) in [6.45, 7) is 5.58. The predicted octanol–water partition coefficient (Wildman–Crippen LogP) is 15.5. The Morgan fingerprint density at radius 1 is 0.508 bits per heavy atom. The van der Waals surface area contributed by atoms with E-state index in [2.05, 4.69) is 62.5 Å². The first-order valence-electron chi connectivity index (χ1n) is 25.4. The first-order chi connectivity index (χ1) is 29.6. The van der Waals surface area contributed by atoms with Gasteiger partial charge in [0.2, 0.25) is 0 Å². The molecule has 0 aliphatic heterocycles. The summed E-state index contributed by atoms with van der Waals surface area (Å²) in [6.07, 6.45) is 55.8. The number of quaternary nitrogens is 1. The predicted molar refractivity (Wildman–Crippen MR) is 261 cm³/mol. The van der Waals surface area contributed by atoms with E-state index in [4.69, 9.17) is 18.5 Å². The minimum absolute atomic E-state index is 0.0847. The number of allylic oxidation sites excluding steroid dienone is 8. The Morgan fingerprint density at radius 3 is 1.36 bits per heavy atom. The molecule has 0 aromatic carbocycles. The highest BCUT2D eigenvalue weighted by Crippen LogP contribution is 2.43. The maximum absolute atomic E-state index is 12.7. The van der Waals surface area contributed by atoms with Gasteiger partial charge in [0.1, 0.15) is 19.3 Å². The number of carbonyl (C=O) groups excluding carboxylic acids is 1. The van der Waals surface area contributed by atoms with E-state index in [1.807, 2.05) is 21.1 Å². The van der Waals surface area contributed by atoms with Crippen molar-refractivity contribution in [1.29, 1.82) is 0 Å². The fourth-order valence-electron chi connectivity index (χ4n) is 6.91. The summed E-state index contributed by atoms with van der Waals surface area (Å²) in [5, 5.41) is 0. The number of ether oxygens (including phenoxy) is 2. The topological polar surface area (TPSA) is 91.3 Å². The van der Waals surface area contributed by atoms with Crippen LogP contribution in [0.1, 0.15) is 219 Å². The van der Waals surface area contributed by atoms with Crippen LogP contribution in [0, 0.1) is 0 Å². The number of phosphoric ester groups is 1. The molecular formula is C52H99NO7P+. The smallest absolute Gasteiger partial charge is 0.457 e. The molecule has 0 rings (SSSR count). The summed E-state index contributed by atoms with van der Waals surface area (Å²) in [5.41, 5.74) is 0. The van der Waals surface area contributed by atoms with E-state index in [9.17, 15) is 14.3 Å². The fourth-order valence-corrected chi connectivity index (χ4v) is 7.65. The molecular weight excluding hydrogens is 782 g/mol. The van der Waals surface area contributed by atoms with Crippen molar-refractivity contribution in [2.45, 2.75) is 225 Å². The Hall–Kier alpha value is -1.54. The Morgan fingerprint density at radius 2 is 0.902 bits per heavy atom. The lowest BCUT2D eigenvalue weighted by Crippen LogP contribution is -2.37. The van der Waals surface area contributed by atoms with Gasteiger partial charge in [-0.25, -0.2) is 4.57 Å². The molecule has 9 heteroatoms. The molecule has 0 aromatic heterocycles. The molecule has 0 spiro atoms. The highest BCUT2D eigenvalue weighted by molar-refractivity contribution is 7.47. The van der Waals surface area contributed by atoms with Gasteiger partial charge in [0.15, 0.2) is 0 Å². The maximum atomic E-state index is 12.7. The van der Waals surface area contributed by atoms with Gasteiger partial charge in [-0.05, 0) is 77.0 Å². The zero-order chi connectivity index (χ0) is 44.8. The maximum Gasteiger partial charge on any atom is 0.472 e. The Kier molecular flexibility index (Phi) is 43.9. The van der Waals surface area contributed by atoms with Crippen molar-refractivity contribution in [1.82, 2.24) is 0 Å². The van der Waals surface area contributed by atoms with Gasteiger partial charge in [0, 0.05) is 13.0 Å². The van der Waals surface area contributed by atoms with Crippen LogP contribution in [0.15, 0.2) is 48.6 Å². The second-order valence-corrected chi connectivity index (χ2v) is 19.6. The van der Waals surface area contributed by atoms with Gasteiger partial charge in [-0.2, -0.15) is 0 Å². The third-order valence-electron chi connectivity index (χ3n) is 10.9. The average molecular weight is 881 g/mol. The molecule has 8 nitrogen and oxygen atoms in total.